The molecule has 7 heteroatoms. The first-order valence-corrected chi connectivity index (χ1v) is 3.71. The van der Waals surface area contributed by atoms with Gasteiger partial charge in [-0.2, -0.15) is 0 Å². The maximum atomic E-state index is 11.1. The Labute approximate surface area is 82.6 Å². The lowest BCUT2D eigenvalue weighted by Gasteiger charge is -2.03. The summed E-state index contributed by atoms with van der Waals surface area (Å²) >= 11 is 5.34. The molecule has 1 aromatic rings. The number of hydrogen-bond donors (Lipinski definition) is 2. The fourth-order valence-electron chi connectivity index (χ4n) is 0.832. The number of nitrogens with zero attached hydrogens (tertiary/aromatic N) is 1. The van der Waals surface area contributed by atoms with E-state index in [0.29, 0.717) is 0 Å². The fourth-order valence-corrected chi connectivity index (χ4v) is 1.07. The molecule has 0 amide bonds. The minimum Gasteiger partial charge on any atom is -0.617 e. The molecule has 0 atom stereocenters. The summed E-state index contributed by atoms with van der Waals surface area (Å²) in [6.07, 6.45) is 0. The first-order valence-electron chi connectivity index (χ1n) is 3.33. The van der Waals surface area contributed by atoms with Crippen LogP contribution in [0.5, 0.6) is 0 Å². The molecule has 0 aliphatic carbocycles. The minimum absolute atomic E-state index is 0.145. The van der Waals surface area contributed by atoms with Gasteiger partial charge in [-0.25, -0.2) is 9.59 Å². The molecule has 0 bridgehead atoms. The summed E-state index contributed by atoms with van der Waals surface area (Å²) in [6.45, 7) is 0. The van der Waals surface area contributed by atoms with Gasteiger partial charge < -0.3 is 15.4 Å². The Morgan fingerprint density at radius 1 is 1.29 bits per heavy atom. The highest BCUT2D eigenvalue weighted by atomic mass is 35.5. The zero-order chi connectivity index (χ0) is 10.9. The molecule has 0 radical (unpaired) electrons. The molecular weight excluding hydrogens is 214 g/mol. The lowest BCUT2D eigenvalue weighted by atomic mass is 10.2. The first kappa shape index (κ1) is 10.3. The van der Waals surface area contributed by atoms with Crippen molar-refractivity contribution in [2.45, 2.75) is 0 Å². The Morgan fingerprint density at radius 3 is 2.29 bits per heavy atom. The van der Waals surface area contributed by atoms with E-state index in [4.69, 9.17) is 21.8 Å². The average Bonchev–Trinajstić information content (AvgIpc) is 2.08. The zero-order valence-corrected chi connectivity index (χ0v) is 7.35. The fraction of sp³-hybridized carbons (Fsp3) is 0. The average molecular weight is 218 g/mol. The van der Waals surface area contributed by atoms with Gasteiger partial charge in [-0.1, -0.05) is 0 Å². The summed E-state index contributed by atoms with van der Waals surface area (Å²) in [7, 11) is 0. The topological polar surface area (TPSA) is 102 Å². The molecule has 0 fully saturated rings. The van der Waals surface area contributed by atoms with E-state index in [1.165, 1.54) is 0 Å². The number of carboxylic acids is 2. The van der Waals surface area contributed by atoms with E-state index in [-0.39, 0.29) is 4.73 Å². The SMILES string of the molecule is O=C(O)c1ccc(C(=O)O)[n+]([O-])c1Cl. The quantitative estimate of drug-likeness (QED) is 0.423. The molecule has 0 aliphatic heterocycles. The normalized spacial score (nSPS) is 9.79. The van der Waals surface area contributed by atoms with Crippen LogP contribution in [0.2, 0.25) is 5.15 Å². The summed E-state index contributed by atoms with van der Waals surface area (Å²) in [4.78, 5) is 20.9. The van der Waals surface area contributed by atoms with E-state index >= 15 is 0 Å². The molecule has 0 unspecified atom stereocenters. The van der Waals surface area contributed by atoms with Crippen LogP contribution in [-0.4, -0.2) is 22.2 Å². The number of aromatic carboxylic acids is 2. The van der Waals surface area contributed by atoms with Crippen molar-refractivity contribution in [1.82, 2.24) is 0 Å². The van der Waals surface area contributed by atoms with E-state index in [1.807, 2.05) is 0 Å². The van der Waals surface area contributed by atoms with Gasteiger partial charge in [-0.3, -0.25) is 0 Å². The summed E-state index contributed by atoms with van der Waals surface area (Å²) in [5.74, 6) is -2.87. The predicted molar refractivity (Wildman–Crippen MR) is 44.3 cm³/mol. The Hall–Kier alpha value is -1.82. The van der Waals surface area contributed by atoms with Crippen LogP contribution in [0.1, 0.15) is 20.8 Å². The summed E-state index contributed by atoms with van der Waals surface area (Å²) in [6, 6.07) is 1.84. The molecule has 1 aromatic heterocycles. The molecule has 74 valence electrons. The largest absolute Gasteiger partial charge is 0.617 e. The minimum atomic E-state index is -1.47. The van der Waals surface area contributed by atoms with Gasteiger partial charge in [0.05, 0.1) is 0 Å². The summed E-state index contributed by atoms with van der Waals surface area (Å²) in [5.41, 5.74) is -1.06. The molecule has 0 aromatic carbocycles. The third kappa shape index (κ3) is 1.60. The van der Waals surface area contributed by atoms with Gasteiger partial charge in [0.1, 0.15) is 5.56 Å². The van der Waals surface area contributed by atoms with Crippen LogP contribution in [0.4, 0.5) is 0 Å². The third-order valence-electron chi connectivity index (χ3n) is 1.48. The van der Waals surface area contributed by atoms with Crippen molar-refractivity contribution >= 4 is 23.5 Å². The first-order chi connectivity index (χ1) is 6.45. The number of aromatic nitrogens is 1. The van der Waals surface area contributed by atoms with Crippen LogP contribution in [0, 0.1) is 5.21 Å². The highest BCUT2D eigenvalue weighted by Crippen LogP contribution is 2.11. The smallest absolute Gasteiger partial charge is 0.402 e. The van der Waals surface area contributed by atoms with Gasteiger partial charge in [0.15, 0.2) is 0 Å². The van der Waals surface area contributed by atoms with Crippen LogP contribution in [-0.2, 0) is 0 Å². The van der Waals surface area contributed by atoms with Crippen LogP contribution >= 0.6 is 11.6 Å². The Bertz CT molecular complexity index is 378. The number of rotatable bonds is 2. The molecule has 0 saturated heterocycles. The van der Waals surface area contributed by atoms with Crippen molar-refractivity contribution < 1.29 is 24.5 Å². The number of carbonyl (C=O) groups is 2. The molecule has 14 heavy (non-hydrogen) atoms. The zero-order valence-electron chi connectivity index (χ0n) is 6.60. The van der Waals surface area contributed by atoms with Crippen LogP contribution < -0.4 is 4.73 Å². The maximum Gasteiger partial charge on any atom is 0.402 e. The van der Waals surface area contributed by atoms with E-state index in [9.17, 15) is 14.8 Å². The van der Waals surface area contributed by atoms with Crippen molar-refractivity contribution in [3.8, 4) is 0 Å². The van der Waals surface area contributed by atoms with Crippen molar-refractivity contribution in [2.24, 2.45) is 0 Å². The predicted octanol–water partition coefficient (Wildman–Crippen LogP) is 0.370. The molecule has 0 saturated carbocycles. The Balaban J connectivity index is 3.41. The van der Waals surface area contributed by atoms with E-state index in [1.54, 1.807) is 0 Å². The monoisotopic (exact) mass is 217 g/mol. The maximum absolute atomic E-state index is 11.1. The van der Waals surface area contributed by atoms with Crippen molar-refractivity contribution in [1.29, 1.82) is 0 Å². The molecule has 6 nitrogen and oxygen atoms in total. The van der Waals surface area contributed by atoms with Crippen molar-refractivity contribution in [2.75, 3.05) is 0 Å². The summed E-state index contributed by atoms with van der Waals surface area (Å²) in [5, 5.41) is 27.4. The molecule has 1 rings (SSSR count). The van der Waals surface area contributed by atoms with Gasteiger partial charge in [0.2, 0.25) is 0 Å². The lowest BCUT2D eigenvalue weighted by Crippen LogP contribution is -2.37. The highest BCUT2D eigenvalue weighted by molar-refractivity contribution is 6.31. The molecular formula is C7H4ClNO5. The second-order valence-electron chi connectivity index (χ2n) is 2.33. The molecule has 0 aliphatic rings. The van der Waals surface area contributed by atoms with Gasteiger partial charge in [0, 0.05) is 6.07 Å². The third-order valence-corrected chi connectivity index (χ3v) is 1.83. The molecule has 2 N–H and O–H groups in total. The summed E-state index contributed by atoms with van der Waals surface area (Å²) < 4.78 is -0.145. The Morgan fingerprint density at radius 2 is 1.86 bits per heavy atom. The van der Waals surface area contributed by atoms with Gasteiger partial charge in [0.25, 0.3) is 0 Å². The van der Waals surface area contributed by atoms with Crippen LogP contribution in [0.15, 0.2) is 12.1 Å². The number of pyridine rings is 1. The standard InChI is InChI=1S/C7H4ClNO5/c8-5-3(6(10)11)1-2-4(7(12)13)9(5)14/h1-2H,(H,10,11)(H,12,13). The van der Waals surface area contributed by atoms with Gasteiger partial charge >= 0.3 is 22.8 Å². The van der Waals surface area contributed by atoms with E-state index < -0.39 is 28.3 Å². The molecule has 1 heterocycles. The lowest BCUT2D eigenvalue weighted by molar-refractivity contribution is -0.606. The van der Waals surface area contributed by atoms with Crippen LogP contribution in [0.25, 0.3) is 0 Å². The number of halogens is 1. The Kier molecular flexibility index (Phi) is 2.57. The second kappa shape index (κ2) is 3.51. The van der Waals surface area contributed by atoms with Crippen molar-refractivity contribution in [3.63, 3.8) is 0 Å². The van der Waals surface area contributed by atoms with Crippen LogP contribution in [0.3, 0.4) is 0 Å². The number of hydrogen-bond acceptors (Lipinski definition) is 3. The second-order valence-corrected chi connectivity index (χ2v) is 2.69. The molecule has 0 spiro atoms. The number of carboxylic acid groups (broad SMARTS) is 2. The van der Waals surface area contributed by atoms with Gasteiger partial charge in [-0.15, -0.1) is 4.73 Å². The van der Waals surface area contributed by atoms with E-state index in [0.717, 1.165) is 12.1 Å². The van der Waals surface area contributed by atoms with Crippen molar-refractivity contribution in [3.05, 3.63) is 33.8 Å². The highest BCUT2D eigenvalue weighted by Gasteiger charge is 2.23. The van der Waals surface area contributed by atoms with Gasteiger partial charge in [-0.05, 0) is 17.7 Å². The van der Waals surface area contributed by atoms with E-state index in [2.05, 4.69) is 0 Å².